The van der Waals surface area contributed by atoms with Gasteiger partial charge in [-0.25, -0.2) is 0 Å². The first kappa shape index (κ1) is 18.6. The van der Waals surface area contributed by atoms with Crippen LogP contribution in [0.25, 0.3) is 0 Å². The summed E-state index contributed by atoms with van der Waals surface area (Å²) in [6, 6.07) is 12.0. The molecular formula is C16H21ClN2O2S. The Bertz CT molecular complexity index is 560. The van der Waals surface area contributed by atoms with Gasteiger partial charge in [0.15, 0.2) is 5.76 Å². The molecule has 22 heavy (non-hydrogen) atoms. The van der Waals surface area contributed by atoms with Crippen molar-refractivity contribution in [2.75, 3.05) is 13.1 Å². The van der Waals surface area contributed by atoms with Crippen molar-refractivity contribution in [1.29, 1.82) is 0 Å². The van der Waals surface area contributed by atoms with Crippen molar-refractivity contribution >= 4 is 30.1 Å². The molecule has 4 nitrogen and oxygen atoms in total. The molecule has 0 aliphatic heterocycles. The van der Waals surface area contributed by atoms with Crippen molar-refractivity contribution in [2.24, 2.45) is 5.73 Å². The molecule has 1 heterocycles. The molecule has 0 spiro atoms. The smallest absolute Gasteiger partial charge is 0.287 e. The van der Waals surface area contributed by atoms with E-state index in [0.29, 0.717) is 24.6 Å². The molecule has 0 aliphatic carbocycles. The third kappa shape index (κ3) is 5.75. The van der Waals surface area contributed by atoms with Crippen LogP contribution in [-0.2, 0) is 5.75 Å². The van der Waals surface area contributed by atoms with E-state index in [1.165, 1.54) is 4.90 Å². The van der Waals surface area contributed by atoms with Gasteiger partial charge in [0.1, 0.15) is 0 Å². The van der Waals surface area contributed by atoms with Crippen LogP contribution in [0.5, 0.6) is 0 Å². The van der Waals surface area contributed by atoms with Gasteiger partial charge in [-0.1, -0.05) is 18.2 Å². The fraction of sp³-hybridized carbons (Fsp3) is 0.312. The lowest BCUT2D eigenvalue weighted by Crippen LogP contribution is -2.25. The van der Waals surface area contributed by atoms with E-state index < -0.39 is 0 Å². The summed E-state index contributed by atoms with van der Waals surface area (Å²) in [5, 5.41) is 2.86. The predicted octanol–water partition coefficient (Wildman–Crippen LogP) is 3.46. The van der Waals surface area contributed by atoms with E-state index >= 15 is 0 Å². The van der Waals surface area contributed by atoms with E-state index in [9.17, 15) is 4.79 Å². The van der Waals surface area contributed by atoms with Gasteiger partial charge in [-0.05, 0) is 37.6 Å². The van der Waals surface area contributed by atoms with Gasteiger partial charge in [-0.15, -0.1) is 24.2 Å². The maximum absolute atomic E-state index is 12.1. The van der Waals surface area contributed by atoms with Gasteiger partial charge in [0, 0.05) is 22.8 Å². The zero-order valence-corrected chi connectivity index (χ0v) is 13.9. The first-order chi connectivity index (χ1) is 10.3. The van der Waals surface area contributed by atoms with Crippen LogP contribution in [0.3, 0.4) is 0 Å². The first-order valence-corrected chi connectivity index (χ1v) is 8.02. The number of hydrogen-bond donors (Lipinski definition) is 2. The summed E-state index contributed by atoms with van der Waals surface area (Å²) in [6.45, 7) is 1.28. The molecule has 2 aromatic rings. The highest BCUT2D eigenvalue weighted by Gasteiger charge is 2.14. The molecule has 0 saturated heterocycles. The summed E-state index contributed by atoms with van der Waals surface area (Å²) in [5.41, 5.74) is 6.34. The highest BCUT2D eigenvalue weighted by Crippen LogP contribution is 2.24. The molecule has 0 fully saturated rings. The fourth-order valence-electron chi connectivity index (χ4n) is 1.88. The monoisotopic (exact) mass is 340 g/mol. The molecule has 0 bridgehead atoms. The Balaban J connectivity index is 0.00000242. The van der Waals surface area contributed by atoms with Gasteiger partial charge in [-0.2, -0.15) is 0 Å². The van der Waals surface area contributed by atoms with Crippen molar-refractivity contribution in [3.8, 4) is 0 Å². The third-order valence-corrected chi connectivity index (χ3v) is 4.07. The lowest BCUT2D eigenvalue weighted by molar-refractivity contribution is 0.0924. The van der Waals surface area contributed by atoms with Gasteiger partial charge in [0.2, 0.25) is 0 Å². The van der Waals surface area contributed by atoms with E-state index in [2.05, 4.69) is 17.4 Å². The molecule has 0 unspecified atom stereocenters. The Morgan fingerprint density at radius 1 is 1.18 bits per heavy atom. The quantitative estimate of drug-likeness (QED) is 0.570. The van der Waals surface area contributed by atoms with Gasteiger partial charge >= 0.3 is 0 Å². The summed E-state index contributed by atoms with van der Waals surface area (Å²) in [6.07, 6.45) is 3.36. The minimum Gasteiger partial charge on any atom is -0.459 e. The summed E-state index contributed by atoms with van der Waals surface area (Å²) in [4.78, 5) is 13.2. The lowest BCUT2D eigenvalue weighted by atomic mass is 10.2. The maximum atomic E-state index is 12.1. The van der Waals surface area contributed by atoms with Crippen LogP contribution in [0.4, 0.5) is 0 Å². The molecule has 0 saturated carbocycles. The summed E-state index contributed by atoms with van der Waals surface area (Å²) < 4.78 is 5.32. The Morgan fingerprint density at radius 3 is 2.68 bits per heavy atom. The molecular weight excluding hydrogens is 320 g/mol. The first-order valence-electron chi connectivity index (χ1n) is 7.03. The molecule has 1 aromatic heterocycles. The van der Waals surface area contributed by atoms with Crippen molar-refractivity contribution < 1.29 is 9.21 Å². The summed E-state index contributed by atoms with van der Waals surface area (Å²) in [5.74, 6) is 0.971. The van der Waals surface area contributed by atoms with Crippen LogP contribution in [0.2, 0.25) is 0 Å². The van der Waals surface area contributed by atoms with Gasteiger partial charge in [0.05, 0.1) is 6.26 Å². The molecule has 1 aromatic carbocycles. The lowest BCUT2D eigenvalue weighted by Gasteiger charge is -2.05. The second kappa shape index (κ2) is 10.3. The minimum atomic E-state index is -0.152. The zero-order valence-electron chi connectivity index (χ0n) is 12.3. The Hall–Kier alpha value is -1.43. The van der Waals surface area contributed by atoms with Crippen LogP contribution in [0, 0.1) is 0 Å². The number of rotatable bonds is 8. The Kier molecular flexibility index (Phi) is 8.74. The number of nitrogens with one attached hydrogen (secondary N) is 1. The van der Waals surface area contributed by atoms with Crippen molar-refractivity contribution in [2.45, 2.75) is 23.5 Å². The van der Waals surface area contributed by atoms with Crippen LogP contribution in [0.1, 0.15) is 29.0 Å². The highest BCUT2D eigenvalue weighted by atomic mass is 35.5. The van der Waals surface area contributed by atoms with Gasteiger partial charge < -0.3 is 15.5 Å². The minimum absolute atomic E-state index is 0. The zero-order chi connectivity index (χ0) is 14.9. The highest BCUT2D eigenvalue weighted by molar-refractivity contribution is 7.98. The normalized spacial score (nSPS) is 10.0. The van der Waals surface area contributed by atoms with Crippen LogP contribution in [-0.4, -0.2) is 19.0 Å². The van der Waals surface area contributed by atoms with Crippen LogP contribution in [0.15, 0.2) is 52.0 Å². The Labute approximate surface area is 141 Å². The van der Waals surface area contributed by atoms with E-state index in [1.807, 2.05) is 24.3 Å². The Morgan fingerprint density at radius 2 is 1.95 bits per heavy atom. The number of amides is 1. The van der Waals surface area contributed by atoms with Gasteiger partial charge in [0.25, 0.3) is 5.91 Å². The summed E-state index contributed by atoms with van der Waals surface area (Å²) in [7, 11) is 0. The van der Waals surface area contributed by atoms with Crippen LogP contribution < -0.4 is 11.1 Å². The molecule has 6 heteroatoms. The van der Waals surface area contributed by atoms with E-state index in [0.717, 1.165) is 18.4 Å². The maximum Gasteiger partial charge on any atom is 0.287 e. The second-order valence-electron chi connectivity index (χ2n) is 4.63. The number of nitrogens with two attached hydrogens (primary N) is 1. The molecule has 120 valence electrons. The topological polar surface area (TPSA) is 68.3 Å². The number of halogens is 1. The van der Waals surface area contributed by atoms with E-state index in [1.54, 1.807) is 18.0 Å². The number of thioether (sulfide) groups is 1. The van der Waals surface area contributed by atoms with Crippen LogP contribution >= 0.6 is 24.2 Å². The number of benzene rings is 1. The van der Waals surface area contributed by atoms with Crippen molar-refractivity contribution in [3.05, 3.63) is 54.0 Å². The fourth-order valence-corrected chi connectivity index (χ4v) is 2.78. The van der Waals surface area contributed by atoms with Gasteiger partial charge in [-0.3, -0.25) is 4.79 Å². The molecule has 2 rings (SSSR count). The second-order valence-corrected chi connectivity index (χ2v) is 5.68. The predicted molar refractivity (Wildman–Crippen MR) is 92.6 cm³/mol. The van der Waals surface area contributed by atoms with E-state index in [-0.39, 0.29) is 18.3 Å². The van der Waals surface area contributed by atoms with Crippen molar-refractivity contribution in [3.63, 3.8) is 0 Å². The number of carbonyl (C=O) groups is 1. The molecule has 0 aliphatic rings. The average Bonchev–Trinajstić information content (AvgIpc) is 2.99. The molecule has 3 N–H and O–H groups in total. The largest absolute Gasteiger partial charge is 0.459 e. The standard InChI is InChI=1S/C16H20N2O2S.ClH/c17-9-4-5-10-18-16(19)15-13(8-11-20-15)12-21-14-6-2-1-3-7-14;/h1-3,6-8,11H,4-5,9-10,12,17H2,(H,18,19);1H. The average molecular weight is 341 g/mol. The number of unbranched alkanes of at least 4 members (excludes halogenated alkanes) is 1. The SMILES string of the molecule is Cl.NCCCCNC(=O)c1occc1CSc1ccccc1. The molecule has 0 atom stereocenters. The number of carbonyl (C=O) groups excluding carboxylic acids is 1. The summed E-state index contributed by atoms with van der Waals surface area (Å²) >= 11 is 1.69. The third-order valence-electron chi connectivity index (χ3n) is 3.01. The molecule has 1 amide bonds. The van der Waals surface area contributed by atoms with Crippen molar-refractivity contribution in [1.82, 2.24) is 5.32 Å². The van der Waals surface area contributed by atoms with E-state index in [4.69, 9.17) is 10.2 Å². The molecule has 0 radical (unpaired) electrons. The number of furan rings is 1. The number of hydrogen-bond acceptors (Lipinski definition) is 4.